The average Bonchev–Trinajstić information content (AvgIpc) is 2.61. The Morgan fingerprint density at radius 1 is 1.04 bits per heavy atom. The second kappa shape index (κ2) is 8.21. The normalized spacial score (nSPS) is 15.9. The van der Waals surface area contributed by atoms with Crippen LogP contribution in [-0.2, 0) is 11.2 Å². The third-order valence-corrected chi connectivity index (χ3v) is 4.64. The number of carbonyl (C=O) groups excluding carboxylic acids is 1. The molecular weight excluding hydrogens is 322 g/mol. The van der Waals surface area contributed by atoms with Gasteiger partial charge in [-0.15, -0.1) is 0 Å². The van der Waals surface area contributed by atoms with Gasteiger partial charge in [0.05, 0.1) is 6.54 Å². The molecule has 0 aliphatic carbocycles. The van der Waals surface area contributed by atoms with Gasteiger partial charge in [0.2, 0.25) is 5.91 Å². The highest BCUT2D eigenvalue weighted by Gasteiger charge is 2.21. The Morgan fingerprint density at radius 2 is 1.76 bits per heavy atom. The van der Waals surface area contributed by atoms with Crippen molar-refractivity contribution < 1.29 is 13.6 Å². The first-order valence-electron chi connectivity index (χ1n) is 8.61. The maximum Gasteiger partial charge on any atom is 0.238 e. The number of nitrogens with one attached hydrogen (secondary N) is 1. The molecule has 0 radical (unpaired) electrons. The standard InChI is InChI=1S/C20H22F2N2O/c21-18-7-6-17(13-19(18)22)23-20(25)14-24-10-8-16(9-11-24)12-15-4-2-1-3-5-15/h1-7,13,16H,8-12,14H2,(H,23,25). The quantitative estimate of drug-likeness (QED) is 0.893. The summed E-state index contributed by atoms with van der Waals surface area (Å²) in [6.07, 6.45) is 3.20. The van der Waals surface area contributed by atoms with Gasteiger partial charge < -0.3 is 5.32 Å². The number of amides is 1. The van der Waals surface area contributed by atoms with Gasteiger partial charge in [-0.05, 0) is 56.0 Å². The lowest BCUT2D eigenvalue weighted by atomic mass is 9.90. The minimum Gasteiger partial charge on any atom is -0.325 e. The van der Waals surface area contributed by atoms with Crippen molar-refractivity contribution in [1.29, 1.82) is 0 Å². The summed E-state index contributed by atoms with van der Waals surface area (Å²) in [6.45, 7) is 2.03. The van der Waals surface area contributed by atoms with E-state index >= 15 is 0 Å². The van der Waals surface area contributed by atoms with E-state index in [2.05, 4.69) is 34.5 Å². The number of piperidine rings is 1. The highest BCUT2D eigenvalue weighted by molar-refractivity contribution is 5.92. The van der Waals surface area contributed by atoms with E-state index in [0.717, 1.165) is 44.5 Å². The number of likely N-dealkylation sites (tertiary alicyclic amines) is 1. The maximum absolute atomic E-state index is 13.2. The zero-order valence-electron chi connectivity index (χ0n) is 14.1. The molecule has 0 unspecified atom stereocenters. The van der Waals surface area contributed by atoms with Crippen LogP contribution in [0.15, 0.2) is 48.5 Å². The van der Waals surface area contributed by atoms with Crippen molar-refractivity contribution >= 4 is 11.6 Å². The molecule has 1 N–H and O–H groups in total. The number of anilines is 1. The average molecular weight is 344 g/mol. The summed E-state index contributed by atoms with van der Waals surface area (Å²) >= 11 is 0. The van der Waals surface area contributed by atoms with Gasteiger partial charge in [-0.1, -0.05) is 30.3 Å². The summed E-state index contributed by atoms with van der Waals surface area (Å²) in [5.74, 6) is -1.43. The van der Waals surface area contributed by atoms with E-state index in [1.54, 1.807) is 0 Å². The van der Waals surface area contributed by atoms with Crippen LogP contribution in [0.4, 0.5) is 14.5 Å². The molecule has 1 heterocycles. The predicted octanol–water partition coefficient (Wildman–Crippen LogP) is 3.86. The number of hydrogen-bond donors (Lipinski definition) is 1. The summed E-state index contributed by atoms with van der Waals surface area (Å²) < 4.78 is 26.1. The lowest BCUT2D eigenvalue weighted by molar-refractivity contribution is -0.117. The van der Waals surface area contributed by atoms with Crippen LogP contribution in [0.2, 0.25) is 0 Å². The Balaban J connectivity index is 1.43. The second-order valence-electron chi connectivity index (χ2n) is 6.59. The molecular formula is C20H22F2N2O. The highest BCUT2D eigenvalue weighted by atomic mass is 19.2. The number of nitrogens with zero attached hydrogens (tertiary/aromatic N) is 1. The minimum absolute atomic E-state index is 0.201. The Bertz CT molecular complexity index is 713. The molecule has 0 aromatic heterocycles. The first-order valence-corrected chi connectivity index (χ1v) is 8.61. The third kappa shape index (κ3) is 5.10. The van der Waals surface area contributed by atoms with E-state index in [0.29, 0.717) is 5.92 Å². The molecule has 2 aromatic carbocycles. The van der Waals surface area contributed by atoms with Crippen LogP contribution in [0.3, 0.4) is 0 Å². The van der Waals surface area contributed by atoms with Crippen LogP contribution in [-0.4, -0.2) is 30.4 Å². The highest BCUT2D eigenvalue weighted by Crippen LogP contribution is 2.21. The van der Waals surface area contributed by atoms with Gasteiger partial charge in [-0.3, -0.25) is 9.69 Å². The summed E-state index contributed by atoms with van der Waals surface area (Å²) in [5, 5.41) is 2.62. The van der Waals surface area contributed by atoms with Crippen molar-refractivity contribution in [1.82, 2.24) is 4.90 Å². The van der Waals surface area contributed by atoms with Crippen LogP contribution >= 0.6 is 0 Å². The molecule has 0 spiro atoms. The van der Waals surface area contributed by atoms with Crippen molar-refractivity contribution in [2.75, 3.05) is 25.0 Å². The number of halogens is 2. The number of benzene rings is 2. The lowest BCUT2D eigenvalue weighted by Crippen LogP contribution is -2.39. The molecule has 0 bridgehead atoms. The van der Waals surface area contributed by atoms with Crippen molar-refractivity contribution in [2.24, 2.45) is 5.92 Å². The lowest BCUT2D eigenvalue weighted by Gasteiger charge is -2.31. The fourth-order valence-corrected chi connectivity index (χ4v) is 3.27. The van der Waals surface area contributed by atoms with Gasteiger partial charge in [-0.2, -0.15) is 0 Å². The van der Waals surface area contributed by atoms with Crippen molar-refractivity contribution in [3.05, 3.63) is 65.7 Å². The topological polar surface area (TPSA) is 32.3 Å². The van der Waals surface area contributed by atoms with Crippen molar-refractivity contribution in [3.63, 3.8) is 0 Å². The molecule has 0 atom stereocenters. The molecule has 1 aliphatic heterocycles. The van der Waals surface area contributed by atoms with Crippen molar-refractivity contribution in [2.45, 2.75) is 19.3 Å². The van der Waals surface area contributed by atoms with Gasteiger partial charge in [0, 0.05) is 11.8 Å². The molecule has 0 saturated carbocycles. The van der Waals surface area contributed by atoms with Crippen LogP contribution < -0.4 is 5.32 Å². The van der Waals surface area contributed by atoms with E-state index in [1.165, 1.54) is 11.6 Å². The van der Waals surface area contributed by atoms with Gasteiger partial charge in [0.1, 0.15) is 0 Å². The Hall–Kier alpha value is -2.27. The number of hydrogen-bond acceptors (Lipinski definition) is 2. The molecule has 1 saturated heterocycles. The molecule has 2 aromatic rings. The van der Waals surface area contributed by atoms with Gasteiger partial charge in [0.25, 0.3) is 0 Å². The molecule has 1 amide bonds. The summed E-state index contributed by atoms with van der Waals surface area (Å²) in [6, 6.07) is 13.8. The Morgan fingerprint density at radius 3 is 2.44 bits per heavy atom. The first-order chi connectivity index (χ1) is 12.1. The Labute approximate surface area is 146 Å². The fourth-order valence-electron chi connectivity index (χ4n) is 3.27. The van der Waals surface area contributed by atoms with Crippen molar-refractivity contribution in [3.8, 4) is 0 Å². The molecule has 5 heteroatoms. The summed E-state index contributed by atoms with van der Waals surface area (Å²) in [7, 11) is 0. The van der Waals surface area contributed by atoms with Crippen LogP contribution in [0.1, 0.15) is 18.4 Å². The summed E-state index contributed by atoms with van der Waals surface area (Å²) in [5.41, 5.74) is 1.64. The largest absolute Gasteiger partial charge is 0.325 e. The first kappa shape index (κ1) is 17.5. The molecule has 3 nitrogen and oxygen atoms in total. The summed E-state index contributed by atoms with van der Waals surface area (Å²) in [4.78, 5) is 14.2. The number of carbonyl (C=O) groups is 1. The number of rotatable bonds is 5. The van der Waals surface area contributed by atoms with Crippen LogP contribution in [0.5, 0.6) is 0 Å². The smallest absolute Gasteiger partial charge is 0.238 e. The van der Waals surface area contributed by atoms with E-state index in [-0.39, 0.29) is 18.1 Å². The zero-order valence-corrected chi connectivity index (χ0v) is 14.1. The van der Waals surface area contributed by atoms with E-state index in [4.69, 9.17) is 0 Å². The molecule has 1 fully saturated rings. The van der Waals surface area contributed by atoms with E-state index in [1.807, 2.05) is 6.07 Å². The zero-order chi connectivity index (χ0) is 17.6. The third-order valence-electron chi connectivity index (χ3n) is 4.64. The Kier molecular flexibility index (Phi) is 5.76. The molecule has 3 rings (SSSR count). The van der Waals surface area contributed by atoms with E-state index in [9.17, 15) is 13.6 Å². The van der Waals surface area contributed by atoms with E-state index < -0.39 is 11.6 Å². The predicted molar refractivity (Wildman–Crippen MR) is 94.3 cm³/mol. The van der Waals surface area contributed by atoms with Gasteiger partial charge >= 0.3 is 0 Å². The molecule has 25 heavy (non-hydrogen) atoms. The van der Waals surface area contributed by atoms with Crippen LogP contribution in [0.25, 0.3) is 0 Å². The monoisotopic (exact) mass is 344 g/mol. The second-order valence-corrected chi connectivity index (χ2v) is 6.59. The van der Waals surface area contributed by atoms with Gasteiger partial charge in [0.15, 0.2) is 11.6 Å². The SMILES string of the molecule is O=C(CN1CCC(Cc2ccccc2)CC1)Nc1ccc(F)c(F)c1. The molecule has 1 aliphatic rings. The molecule has 132 valence electrons. The van der Waals surface area contributed by atoms with Crippen LogP contribution in [0, 0.1) is 17.6 Å². The maximum atomic E-state index is 13.2. The van der Waals surface area contributed by atoms with Gasteiger partial charge in [-0.25, -0.2) is 8.78 Å². The minimum atomic E-state index is -0.959. The fraction of sp³-hybridized carbons (Fsp3) is 0.350.